The van der Waals surface area contributed by atoms with Crippen molar-refractivity contribution < 1.29 is 4.79 Å². The second-order valence-corrected chi connectivity index (χ2v) is 6.96. The molecule has 0 radical (unpaired) electrons. The van der Waals surface area contributed by atoms with Gasteiger partial charge in [0, 0.05) is 19.3 Å². The molecule has 0 bridgehead atoms. The SMILES string of the molecule is O=C1c2cn(-c3cnc(N4CCCC4)cn3)nc2CN1c1cncs1. The Morgan fingerprint density at radius 2 is 1.84 bits per heavy atom. The van der Waals surface area contributed by atoms with E-state index in [0.29, 0.717) is 17.9 Å². The van der Waals surface area contributed by atoms with E-state index in [-0.39, 0.29) is 5.91 Å². The van der Waals surface area contributed by atoms with Gasteiger partial charge >= 0.3 is 0 Å². The molecule has 0 atom stereocenters. The van der Waals surface area contributed by atoms with E-state index in [1.165, 1.54) is 24.2 Å². The van der Waals surface area contributed by atoms with E-state index in [2.05, 4.69) is 25.0 Å². The molecule has 3 aromatic heterocycles. The minimum Gasteiger partial charge on any atom is -0.355 e. The highest BCUT2D eigenvalue weighted by Crippen LogP contribution is 2.30. The van der Waals surface area contributed by atoms with Gasteiger partial charge in [0.15, 0.2) is 5.82 Å². The van der Waals surface area contributed by atoms with Crippen molar-refractivity contribution in [3.8, 4) is 5.82 Å². The summed E-state index contributed by atoms with van der Waals surface area (Å²) in [6.07, 6.45) is 9.32. The average Bonchev–Trinajstić information content (AvgIpc) is 3.42. The highest BCUT2D eigenvalue weighted by molar-refractivity contribution is 7.14. The Balaban J connectivity index is 1.40. The molecule has 9 heteroatoms. The van der Waals surface area contributed by atoms with Gasteiger partial charge in [-0.1, -0.05) is 0 Å². The Hall–Kier alpha value is -2.81. The molecule has 1 amide bonds. The first-order valence-corrected chi connectivity index (χ1v) is 9.04. The monoisotopic (exact) mass is 353 g/mol. The molecule has 0 spiro atoms. The Morgan fingerprint density at radius 3 is 2.52 bits per heavy atom. The predicted octanol–water partition coefficient (Wildman–Crippen LogP) is 1.88. The molecule has 8 nitrogen and oxygen atoms in total. The van der Waals surface area contributed by atoms with Crippen molar-refractivity contribution in [3.63, 3.8) is 0 Å². The minimum absolute atomic E-state index is 0.0489. The summed E-state index contributed by atoms with van der Waals surface area (Å²) < 4.78 is 1.63. The fourth-order valence-corrected chi connectivity index (χ4v) is 3.88. The number of anilines is 2. The Bertz CT molecular complexity index is 913. The van der Waals surface area contributed by atoms with Crippen LogP contribution in [0.1, 0.15) is 28.9 Å². The largest absolute Gasteiger partial charge is 0.355 e. The topological polar surface area (TPSA) is 80.0 Å². The Kier molecular flexibility index (Phi) is 3.27. The lowest BCUT2D eigenvalue weighted by Crippen LogP contribution is -2.23. The van der Waals surface area contributed by atoms with Gasteiger partial charge < -0.3 is 4.90 Å². The maximum Gasteiger partial charge on any atom is 0.262 e. The first kappa shape index (κ1) is 14.5. The van der Waals surface area contributed by atoms with Gasteiger partial charge in [-0.2, -0.15) is 5.10 Å². The zero-order valence-electron chi connectivity index (χ0n) is 13.4. The lowest BCUT2D eigenvalue weighted by atomic mass is 10.3. The summed E-state index contributed by atoms with van der Waals surface area (Å²) in [5.74, 6) is 1.47. The average molecular weight is 353 g/mol. The summed E-state index contributed by atoms with van der Waals surface area (Å²) in [5.41, 5.74) is 3.08. The number of hydrogen-bond acceptors (Lipinski definition) is 7. The third-order valence-corrected chi connectivity index (χ3v) is 5.34. The summed E-state index contributed by atoms with van der Waals surface area (Å²) in [7, 11) is 0. The van der Waals surface area contributed by atoms with Crippen molar-refractivity contribution in [2.45, 2.75) is 19.4 Å². The van der Waals surface area contributed by atoms with E-state index in [9.17, 15) is 4.79 Å². The maximum atomic E-state index is 12.6. The summed E-state index contributed by atoms with van der Waals surface area (Å²) in [6.45, 7) is 2.53. The van der Waals surface area contributed by atoms with Crippen LogP contribution in [0.2, 0.25) is 0 Å². The van der Waals surface area contributed by atoms with E-state index in [1.807, 2.05) is 0 Å². The highest BCUT2D eigenvalue weighted by atomic mass is 32.1. The number of thiazole rings is 1. The number of aromatic nitrogens is 5. The van der Waals surface area contributed by atoms with Crippen molar-refractivity contribution in [1.29, 1.82) is 0 Å². The smallest absolute Gasteiger partial charge is 0.262 e. The third-order valence-electron chi connectivity index (χ3n) is 4.55. The quantitative estimate of drug-likeness (QED) is 0.715. The molecule has 5 heterocycles. The van der Waals surface area contributed by atoms with E-state index >= 15 is 0 Å². The molecule has 0 saturated carbocycles. The van der Waals surface area contributed by atoms with Gasteiger partial charge in [0.1, 0.15) is 10.8 Å². The van der Waals surface area contributed by atoms with Crippen molar-refractivity contribution in [1.82, 2.24) is 24.7 Å². The molecule has 0 N–H and O–H groups in total. The van der Waals surface area contributed by atoms with Crippen LogP contribution in [0, 0.1) is 0 Å². The molecule has 1 saturated heterocycles. The number of carbonyl (C=O) groups is 1. The number of nitrogens with zero attached hydrogens (tertiary/aromatic N) is 7. The Morgan fingerprint density at radius 1 is 1.04 bits per heavy atom. The standard InChI is InChI=1S/C16H15N7OS/c24-16-11-8-23(20-12(11)9-22(16)15-7-17-10-25-15)14-6-18-13(5-19-14)21-3-1-2-4-21/h5-8,10H,1-4,9H2. The molecule has 5 rings (SSSR count). The van der Waals surface area contributed by atoms with E-state index in [1.54, 1.807) is 39.9 Å². The van der Waals surface area contributed by atoms with E-state index in [4.69, 9.17) is 0 Å². The Labute approximate surface area is 147 Å². The van der Waals surface area contributed by atoms with Gasteiger partial charge in [0.2, 0.25) is 0 Å². The van der Waals surface area contributed by atoms with Crippen molar-refractivity contribution >= 4 is 28.1 Å². The van der Waals surface area contributed by atoms with Crippen LogP contribution in [0.25, 0.3) is 5.82 Å². The molecule has 2 aliphatic heterocycles. The molecule has 0 unspecified atom stereocenters. The van der Waals surface area contributed by atoms with E-state index < -0.39 is 0 Å². The van der Waals surface area contributed by atoms with Crippen molar-refractivity contribution in [3.05, 3.63) is 41.6 Å². The second kappa shape index (κ2) is 5.62. The molecule has 126 valence electrons. The number of carbonyl (C=O) groups excluding carboxylic acids is 1. The molecule has 0 aliphatic carbocycles. The van der Waals surface area contributed by atoms with Crippen molar-refractivity contribution in [2.75, 3.05) is 22.9 Å². The molecular weight excluding hydrogens is 338 g/mol. The molecule has 2 aliphatic rings. The first-order chi connectivity index (χ1) is 12.3. The van der Waals surface area contributed by atoms with Gasteiger partial charge in [-0.15, -0.1) is 11.3 Å². The van der Waals surface area contributed by atoms with Crippen LogP contribution in [0.3, 0.4) is 0 Å². The molecule has 25 heavy (non-hydrogen) atoms. The molecule has 1 fully saturated rings. The van der Waals surface area contributed by atoms with Crippen LogP contribution >= 0.6 is 11.3 Å². The molecule has 0 aromatic carbocycles. The zero-order valence-corrected chi connectivity index (χ0v) is 14.2. The minimum atomic E-state index is -0.0489. The van der Waals surface area contributed by atoms with Gasteiger partial charge in [0.05, 0.1) is 41.9 Å². The highest BCUT2D eigenvalue weighted by Gasteiger charge is 2.32. The number of rotatable bonds is 3. The number of fused-ring (bicyclic) bond motifs is 1. The second-order valence-electron chi connectivity index (χ2n) is 6.09. The van der Waals surface area contributed by atoms with Crippen LogP contribution in [0.4, 0.5) is 10.8 Å². The fraction of sp³-hybridized carbons (Fsp3) is 0.312. The van der Waals surface area contributed by atoms with Gasteiger partial charge in [-0.05, 0) is 12.8 Å². The third kappa shape index (κ3) is 2.39. The fourth-order valence-electron chi connectivity index (χ4n) is 3.25. The van der Waals surface area contributed by atoms with Crippen LogP contribution in [-0.4, -0.2) is 43.7 Å². The number of amides is 1. The van der Waals surface area contributed by atoms with Crippen LogP contribution in [0.5, 0.6) is 0 Å². The zero-order chi connectivity index (χ0) is 16.8. The predicted molar refractivity (Wildman–Crippen MR) is 93.2 cm³/mol. The summed E-state index contributed by atoms with van der Waals surface area (Å²) in [5, 5.41) is 5.36. The first-order valence-electron chi connectivity index (χ1n) is 8.16. The summed E-state index contributed by atoms with van der Waals surface area (Å²) >= 11 is 1.44. The van der Waals surface area contributed by atoms with Crippen LogP contribution in [0.15, 0.2) is 30.3 Å². The van der Waals surface area contributed by atoms with Gasteiger partial charge in [-0.25, -0.2) is 14.6 Å². The maximum absolute atomic E-state index is 12.6. The van der Waals surface area contributed by atoms with Crippen LogP contribution < -0.4 is 9.80 Å². The lowest BCUT2D eigenvalue weighted by molar-refractivity contribution is 0.0997. The normalized spacial score (nSPS) is 16.7. The summed E-state index contributed by atoms with van der Waals surface area (Å²) in [6, 6.07) is 0. The number of hydrogen-bond donors (Lipinski definition) is 0. The van der Waals surface area contributed by atoms with E-state index in [0.717, 1.165) is 29.6 Å². The van der Waals surface area contributed by atoms with Gasteiger partial charge in [-0.3, -0.25) is 14.7 Å². The van der Waals surface area contributed by atoms with Gasteiger partial charge in [0.25, 0.3) is 5.91 Å². The molecule has 3 aromatic rings. The summed E-state index contributed by atoms with van der Waals surface area (Å²) in [4.78, 5) is 29.5. The van der Waals surface area contributed by atoms with Crippen LogP contribution in [-0.2, 0) is 6.54 Å². The molecular formula is C16H15N7OS. The lowest BCUT2D eigenvalue weighted by Gasteiger charge is -2.15. The van der Waals surface area contributed by atoms with Crippen molar-refractivity contribution in [2.24, 2.45) is 0 Å².